The van der Waals surface area contributed by atoms with Gasteiger partial charge in [0.15, 0.2) is 0 Å². The van der Waals surface area contributed by atoms with Crippen LogP contribution in [0.4, 0.5) is 4.39 Å². The molecule has 2 aliphatic rings. The zero-order chi connectivity index (χ0) is 14.7. The monoisotopic (exact) mass is 292 g/mol. The van der Waals surface area contributed by atoms with E-state index in [9.17, 15) is 4.39 Å². The van der Waals surface area contributed by atoms with Crippen molar-refractivity contribution in [1.29, 1.82) is 0 Å². The number of nitrogens with one attached hydrogen (secondary N) is 2. The Labute approximate surface area is 127 Å². The quantitative estimate of drug-likeness (QED) is 0.811. The molecule has 2 N–H and O–H groups in total. The Hall–Kier alpha value is -0.930. The SMILES string of the molecule is CC1CCC([NH+]2CC[NH+](Cc3cccc(F)c3)CC2)CC1. The zero-order valence-electron chi connectivity index (χ0n) is 13.2. The lowest BCUT2D eigenvalue weighted by Crippen LogP contribution is -3.29. The third kappa shape index (κ3) is 4.04. The average Bonchev–Trinajstić information content (AvgIpc) is 2.49. The molecule has 0 radical (unpaired) electrons. The van der Waals surface area contributed by atoms with Crippen molar-refractivity contribution in [3.05, 3.63) is 35.6 Å². The van der Waals surface area contributed by atoms with Crippen molar-refractivity contribution in [2.75, 3.05) is 26.2 Å². The number of benzene rings is 1. The molecule has 0 atom stereocenters. The van der Waals surface area contributed by atoms with Crippen LogP contribution in [0, 0.1) is 11.7 Å². The lowest BCUT2D eigenvalue weighted by atomic mass is 9.86. The molecule has 1 saturated heterocycles. The molecule has 1 saturated carbocycles. The minimum atomic E-state index is -0.104. The molecule has 1 heterocycles. The van der Waals surface area contributed by atoms with Crippen LogP contribution in [0.15, 0.2) is 24.3 Å². The topological polar surface area (TPSA) is 8.88 Å². The van der Waals surface area contributed by atoms with Crippen molar-refractivity contribution in [3.8, 4) is 0 Å². The van der Waals surface area contributed by atoms with Crippen molar-refractivity contribution in [2.24, 2.45) is 5.92 Å². The molecule has 2 fully saturated rings. The van der Waals surface area contributed by atoms with E-state index in [1.807, 2.05) is 11.0 Å². The Kier molecular flexibility index (Phi) is 4.91. The summed E-state index contributed by atoms with van der Waals surface area (Å²) in [6.07, 6.45) is 5.70. The van der Waals surface area contributed by atoms with Crippen LogP contribution in [0.3, 0.4) is 0 Å². The third-order valence-electron chi connectivity index (χ3n) is 5.54. The minimum absolute atomic E-state index is 0.104. The normalized spacial score (nSPS) is 33.8. The predicted molar refractivity (Wildman–Crippen MR) is 82.9 cm³/mol. The predicted octanol–water partition coefficient (Wildman–Crippen LogP) is 0.688. The van der Waals surface area contributed by atoms with Crippen LogP contribution in [-0.2, 0) is 6.54 Å². The first kappa shape index (κ1) is 15.0. The van der Waals surface area contributed by atoms with E-state index in [4.69, 9.17) is 0 Å². The molecule has 1 aromatic carbocycles. The number of piperazine rings is 1. The Balaban J connectivity index is 1.47. The summed E-state index contributed by atoms with van der Waals surface area (Å²) in [5.41, 5.74) is 1.14. The van der Waals surface area contributed by atoms with Gasteiger partial charge in [-0.2, -0.15) is 0 Å². The lowest BCUT2D eigenvalue weighted by molar-refractivity contribution is -1.03. The fourth-order valence-corrected chi connectivity index (χ4v) is 4.11. The highest BCUT2D eigenvalue weighted by Gasteiger charge is 2.31. The van der Waals surface area contributed by atoms with Crippen LogP contribution in [-0.4, -0.2) is 32.2 Å². The summed E-state index contributed by atoms with van der Waals surface area (Å²) in [7, 11) is 0. The molecule has 3 rings (SSSR count). The van der Waals surface area contributed by atoms with Crippen molar-refractivity contribution in [3.63, 3.8) is 0 Å². The van der Waals surface area contributed by atoms with Gasteiger partial charge in [-0.05, 0) is 43.7 Å². The summed E-state index contributed by atoms with van der Waals surface area (Å²) in [6.45, 7) is 8.43. The molecular weight excluding hydrogens is 263 g/mol. The van der Waals surface area contributed by atoms with E-state index in [1.165, 1.54) is 57.9 Å². The Morgan fingerprint density at radius 3 is 2.43 bits per heavy atom. The molecule has 0 bridgehead atoms. The third-order valence-corrected chi connectivity index (χ3v) is 5.54. The highest BCUT2D eigenvalue weighted by Crippen LogP contribution is 2.21. The maximum atomic E-state index is 13.2. The highest BCUT2D eigenvalue weighted by molar-refractivity contribution is 5.14. The van der Waals surface area contributed by atoms with Crippen LogP contribution < -0.4 is 9.80 Å². The number of quaternary nitrogens is 2. The summed E-state index contributed by atoms with van der Waals surface area (Å²) in [5, 5.41) is 0. The van der Waals surface area contributed by atoms with Gasteiger partial charge in [-0.1, -0.05) is 19.1 Å². The molecule has 0 spiro atoms. The van der Waals surface area contributed by atoms with Gasteiger partial charge in [0.25, 0.3) is 0 Å². The summed E-state index contributed by atoms with van der Waals surface area (Å²) in [4.78, 5) is 3.46. The number of hydrogen-bond acceptors (Lipinski definition) is 0. The van der Waals surface area contributed by atoms with Gasteiger partial charge in [0.2, 0.25) is 0 Å². The van der Waals surface area contributed by atoms with Crippen LogP contribution in [0.5, 0.6) is 0 Å². The van der Waals surface area contributed by atoms with E-state index in [-0.39, 0.29) is 5.82 Å². The first-order valence-corrected chi connectivity index (χ1v) is 8.63. The maximum absolute atomic E-state index is 13.2. The second kappa shape index (κ2) is 6.89. The fourth-order valence-electron chi connectivity index (χ4n) is 4.11. The summed E-state index contributed by atoms with van der Waals surface area (Å²) in [6, 6.07) is 8.02. The second-order valence-electron chi connectivity index (χ2n) is 7.17. The zero-order valence-corrected chi connectivity index (χ0v) is 13.2. The Bertz CT molecular complexity index is 446. The van der Waals surface area contributed by atoms with E-state index in [0.717, 1.165) is 24.1 Å². The first-order valence-electron chi connectivity index (χ1n) is 8.63. The number of halogens is 1. The number of rotatable bonds is 3. The maximum Gasteiger partial charge on any atom is 0.127 e. The highest BCUT2D eigenvalue weighted by atomic mass is 19.1. The molecule has 2 nitrogen and oxygen atoms in total. The van der Waals surface area contributed by atoms with Gasteiger partial charge in [-0.3, -0.25) is 0 Å². The van der Waals surface area contributed by atoms with Crippen LogP contribution >= 0.6 is 0 Å². The molecular formula is C18H29FN2+2. The largest absolute Gasteiger partial charge is 0.323 e. The Morgan fingerprint density at radius 1 is 1.05 bits per heavy atom. The minimum Gasteiger partial charge on any atom is -0.323 e. The fraction of sp³-hybridized carbons (Fsp3) is 0.667. The molecule has 3 heteroatoms. The summed E-state index contributed by atoms with van der Waals surface area (Å²) >= 11 is 0. The molecule has 1 aromatic rings. The van der Waals surface area contributed by atoms with Crippen LogP contribution in [0.1, 0.15) is 38.2 Å². The molecule has 116 valence electrons. The van der Waals surface area contributed by atoms with Crippen molar-refractivity contribution < 1.29 is 14.2 Å². The van der Waals surface area contributed by atoms with Gasteiger partial charge in [-0.15, -0.1) is 0 Å². The van der Waals surface area contributed by atoms with Gasteiger partial charge in [0, 0.05) is 5.56 Å². The van der Waals surface area contributed by atoms with Crippen LogP contribution in [0.2, 0.25) is 0 Å². The summed E-state index contributed by atoms with van der Waals surface area (Å²) < 4.78 is 13.2. The molecule has 1 aliphatic carbocycles. The summed E-state index contributed by atoms with van der Waals surface area (Å²) in [5.74, 6) is 0.841. The van der Waals surface area contributed by atoms with E-state index in [1.54, 1.807) is 11.0 Å². The number of hydrogen-bond donors (Lipinski definition) is 2. The molecule has 0 aromatic heterocycles. The first-order chi connectivity index (χ1) is 10.2. The van der Waals surface area contributed by atoms with Crippen LogP contribution in [0.25, 0.3) is 0 Å². The lowest BCUT2D eigenvalue weighted by Gasteiger charge is -2.37. The van der Waals surface area contributed by atoms with Crippen molar-refractivity contribution in [2.45, 2.75) is 45.2 Å². The molecule has 1 aliphatic heterocycles. The molecule has 0 amide bonds. The molecule has 0 unspecified atom stereocenters. The molecule has 21 heavy (non-hydrogen) atoms. The average molecular weight is 292 g/mol. The standard InChI is InChI=1S/C18H27FN2/c1-15-5-7-18(8-6-15)21-11-9-20(10-12-21)14-16-3-2-4-17(19)13-16/h2-4,13,15,18H,5-12,14H2,1H3/p+2. The van der Waals surface area contributed by atoms with Gasteiger partial charge in [-0.25, -0.2) is 4.39 Å². The van der Waals surface area contributed by atoms with Gasteiger partial charge in [0.05, 0.1) is 6.04 Å². The Morgan fingerprint density at radius 2 is 1.76 bits per heavy atom. The van der Waals surface area contributed by atoms with Gasteiger partial charge < -0.3 is 9.80 Å². The van der Waals surface area contributed by atoms with Crippen molar-refractivity contribution >= 4 is 0 Å². The van der Waals surface area contributed by atoms with Gasteiger partial charge in [0.1, 0.15) is 38.5 Å². The smallest absolute Gasteiger partial charge is 0.127 e. The second-order valence-corrected chi connectivity index (χ2v) is 7.17. The van der Waals surface area contributed by atoms with E-state index in [2.05, 4.69) is 13.0 Å². The van der Waals surface area contributed by atoms with E-state index in [0.29, 0.717) is 0 Å². The van der Waals surface area contributed by atoms with Gasteiger partial charge >= 0.3 is 0 Å². The van der Waals surface area contributed by atoms with E-state index >= 15 is 0 Å². The van der Waals surface area contributed by atoms with Crippen molar-refractivity contribution in [1.82, 2.24) is 0 Å². The van der Waals surface area contributed by atoms with E-state index < -0.39 is 0 Å².